The number of rotatable bonds is 3. The molecule has 0 spiro atoms. The lowest BCUT2D eigenvalue weighted by Gasteiger charge is -2.08. The molecule has 5 nitrogen and oxygen atoms in total. The fourth-order valence-corrected chi connectivity index (χ4v) is 2.48. The first-order valence-electron chi connectivity index (χ1n) is 5.90. The zero-order chi connectivity index (χ0) is 15.6. The summed E-state index contributed by atoms with van der Waals surface area (Å²) in [6.07, 6.45) is 0. The molecule has 0 bridgehead atoms. The minimum atomic E-state index is -0.536. The van der Waals surface area contributed by atoms with Crippen LogP contribution in [-0.2, 0) is 0 Å². The van der Waals surface area contributed by atoms with E-state index in [0.29, 0.717) is 10.2 Å². The lowest BCUT2D eigenvalue weighted by Crippen LogP contribution is -2.13. The molecule has 0 aromatic heterocycles. The molecule has 0 aliphatic carbocycles. The van der Waals surface area contributed by atoms with Gasteiger partial charge in [0, 0.05) is 26.8 Å². The Morgan fingerprint density at radius 2 is 1.86 bits per heavy atom. The van der Waals surface area contributed by atoms with Crippen LogP contribution in [0.1, 0.15) is 15.9 Å². The number of anilines is 1. The molecule has 0 unspecified atom stereocenters. The van der Waals surface area contributed by atoms with E-state index in [-0.39, 0.29) is 11.3 Å². The van der Waals surface area contributed by atoms with Gasteiger partial charge in [0.1, 0.15) is 0 Å². The van der Waals surface area contributed by atoms with E-state index in [1.165, 1.54) is 18.2 Å². The molecule has 0 heterocycles. The minimum absolute atomic E-state index is 0.131. The van der Waals surface area contributed by atoms with Gasteiger partial charge >= 0.3 is 0 Å². The summed E-state index contributed by atoms with van der Waals surface area (Å²) in [6.45, 7) is 1.94. The predicted octanol–water partition coefficient (Wildman–Crippen LogP) is 4.68. The highest BCUT2D eigenvalue weighted by Gasteiger charge is 2.15. The molecular formula is C14H10Br2N2O3. The number of benzene rings is 2. The van der Waals surface area contributed by atoms with Crippen molar-refractivity contribution in [3.8, 4) is 0 Å². The number of aryl methyl sites for hydroxylation is 1. The van der Waals surface area contributed by atoms with Crippen LogP contribution in [0.2, 0.25) is 0 Å². The molecule has 0 radical (unpaired) electrons. The average Bonchev–Trinajstić information content (AvgIpc) is 2.43. The first-order valence-corrected chi connectivity index (χ1v) is 7.48. The van der Waals surface area contributed by atoms with Crippen LogP contribution in [-0.4, -0.2) is 10.8 Å². The summed E-state index contributed by atoms with van der Waals surface area (Å²) < 4.78 is 1.37. The van der Waals surface area contributed by atoms with Gasteiger partial charge in [-0.25, -0.2) is 0 Å². The summed E-state index contributed by atoms with van der Waals surface area (Å²) >= 11 is 6.61. The smallest absolute Gasteiger partial charge is 0.270 e. The number of nitrogens with zero attached hydrogens (tertiary/aromatic N) is 1. The Balaban J connectivity index is 2.29. The molecular weight excluding hydrogens is 404 g/mol. The lowest BCUT2D eigenvalue weighted by molar-refractivity contribution is -0.384. The third kappa shape index (κ3) is 3.68. The van der Waals surface area contributed by atoms with E-state index in [1.807, 2.05) is 13.0 Å². The molecule has 2 aromatic rings. The number of amides is 1. The largest absolute Gasteiger partial charge is 0.322 e. The number of hydrogen-bond acceptors (Lipinski definition) is 3. The van der Waals surface area contributed by atoms with Crippen LogP contribution in [0.15, 0.2) is 45.3 Å². The van der Waals surface area contributed by atoms with Gasteiger partial charge in [-0.1, -0.05) is 22.0 Å². The monoisotopic (exact) mass is 412 g/mol. The van der Waals surface area contributed by atoms with Gasteiger partial charge in [0.15, 0.2) is 0 Å². The highest BCUT2D eigenvalue weighted by molar-refractivity contribution is 9.10. The Morgan fingerprint density at radius 3 is 2.48 bits per heavy atom. The second-order valence-electron chi connectivity index (χ2n) is 4.34. The number of hydrogen-bond donors (Lipinski definition) is 1. The summed E-state index contributed by atoms with van der Waals surface area (Å²) in [6, 6.07) is 9.47. The minimum Gasteiger partial charge on any atom is -0.322 e. The van der Waals surface area contributed by atoms with Crippen LogP contribution in [0.4, 0.5) is 11.4 Å². The van der Waals surface area contributed by atoms with Gasteiger partial charge in [-0.05, 0) is 46.6 Å². The number of carbonyl (C=O) groups is 1. The van der Waals surface area contributed by atoms with Crippen molar-refractivity contribution in [1.29, 1.82) is 0 Å². The second-order valence-corrected chi connectivity index (χ2v) is 6.05. The summed E-state index contributed by atoms with van der Waals surface area (Å²) in [7, 11) is 0. The SMILES string of the molecule is Cc1ccc(NC(=O)c2cc([N+](=O)[O-])ccc2Br)cc1Br. The zero-order valence-electron chi connectivity index (χ0n) is 10.9. The Hall–Kier alpha value is -1.73. The van der Waals surface area contributed by atoms with E-state index < -0.39 is 10.8 Å². The number of nitro benzene ring substituents is 1. The van der Waals surface area contributed by atoms with E-state index in [1.54, 1.807) is 12.1 Å². The van der Waals surface area contributed by atoms with E-state index in [0.717, 1.165) is 10.0 Å². The van der Waals surface area contributed by atoms with Crippen molar-refractivity contribution in [2.24, 2.45) is 0 Å². The first-order chi connectivity index (χ1) is 9.88. The van der Waals surface area contributed by atoms with Crippen LogP contribution < -0.4 is 5.32 Å². The Labute approximate surface area is 137 Å². The molecule has 0 saturated carbocycles. The van der Waals surface area contributed by atoms with Gasteiger partial charge in [0.25, 0.3) is 11.6 Å². The maximum Gasteiger partial charge on any atom is 0.270 e. The second kappa shape index (κ2) is 6.36. The van der Waals surface area contributed by atoms with Gasteiger partial charge in [0.05, 0.1) is 10.5 Å². The van der Waals surface area contributed by atoms with Crippen molar-refractivity contribution >= 4 is 49.1 Å². The predicted molar refractivity (Wildman–Crippen MR) is 87.6 cm³/mol. The quantitative estimate of drug-likeness (QED) is 0.586. The fraction of sp³-hybridized carbons (Fsp3) is 0.0714. The maximum atomic E-state index is 12.2. The average molecular weight is 414 g/mol. The van der Waals surface area contributed by atoms with Crippen molar-refractivity contribution < 1.29 is 9.72 Å². The molecule has 7 heteroatoms. The van der Waals surface area contributed by atoms with Gasteiger partial charge < -0.3 is 5.32 Å². The van der Waals surface area contributed by atoms with Crippen LogP contribution >= 0.6 is 31.9 Å². The van der Waals surface area contributed by atoms with Crippen LogP contribution in [0.25, 0.3) is 0 Å². The molecule has 1 N–H and O–H groups in total. The van der Waals surface area contributed by atoms with Crippen LogP contribution in [0, 0.1) is 17.0 Å². The van der Waals surface area contributed by atoms with Gasteiger partial charge in [-0.3, -0.25) is 14.9 Å². The molecule has 108 valence electrons. The van der Waals surface area contributed by atoms with E-state index in [2.05, 4.69) is 37.2 Å². The molecule has 2 aromatic carbocycles. The van der Waals surface area contributed by atoms with Crippen molar-refractivity contribution in [2.75, 3.05) is 5.32 Å². The van der Waals surface area contributed by atoms with Crippen LogP contribution in [0.5, 0.6) is 0 Å². The number of nitro groups is 1. The van der Waals surface area contributed by atoms with Gasteiger partial charge in [-0.2, -0.15) is 0 Å². The highest BCUT2D eigenvalue weighted by atomic mass is 79.9. The molecule has 0 atom stereocenters. The molecule has 21 heavy (non-hydrogen) atoms. The number of non-ortho nitro benzene ring substituents is 1. The molecule has 0 fully saturated rings. The van der Waals surface area contributed by atoms with Crippen molar-refractivity contribution in [3.05, 3.63) is 66.6 Å². The normalized spacial score (nSPS) is 10.2. The Kier molecular flexibility index (Phi) is 4.74. The maximum absolute atomic E-state index is 12.2. The molecule has 2 rings (SSSR count). The first kappa shape index (κ1) is 15.7. The summed E-state index contributed by atoms with van der Waals surface area (Å²) in [5.41, 5.74) is 1.73. The third-order valence-electron chi connectivity index (χ3n) is 2.84. The van der Waals surface area contributed by atoms with Gasteiger partial charge in [0.2, 0.25) is 0 Å². The molecule has 0 aliphatic rings. The standard InChI is InChI=1S/C14H10Br2N2O3/c1-8-2-3-9(6-13(8)16)17-14(19)11-7-10(18(20)21)4-5-12(11)15/h2-7H,1H3,(H,17,19). The van der Waals surface area contributed by atoms with Crippen LogP contribution in [0.3, 0.4) is 0 Å². The number of nitrogens with one attached hydrogen (secondary N) is 1. The van der Waals surface area contributed by atoms with Crippen molar-refractivity contribution in [2.45, 2.75) is 6.92 Å². The Bertz CT molecular complexity index is 732. The third-order valence-corrected chi connectivity index (χ3v) is 4.38. The zero-order valence-corrected chi connectivity index (χ0v) is 14.1. The van der Waals surface area contributed by atoms with E-state index in [9.17, 15) is 14.9 Å². The molecule has 1 amide bonds. The van der Waals surface area contributed by atoms with Crippen molar-refractivity contribution in [3.63, 3.8) is 0 Å². The van der Waals surface area contributed by atoms with Crippen molar-refractivity contribution in [1.82, 2.24) is 0 Å². The summed E-state index contributed by atoms with van der Waals surface area (Å²) in [4.78, 5) is 22.5. The van der Waals surface area contributed by atoms with Gasteiger partial charge in [-0.15, -0.1) is 0 Å². The highest BCUT2D eigenvalue weighted by Crippen LogP contribution is 2.25. The summed E-state index contributed by atoms with van der Waals surface area (Å²) in [5, 5.41) is 13.5. The molecule has 0 aliphatic heterocycles. The number of carbonyl (C=O) groups excluding carboxylic acids is 1. The molecule has 0 saturated heterocycles. The number of halogens is 2. The lowest BCUT2D eigenvalue weighted by atomic mass is 10.1. The summed E-state index contributed by atoms with van der Waals surface area (Å²) in [5.74, 6) is -0.415. The Morgan fingerprint density at radius 1 is 1.14 bits per heavy atom. The van der Waals surface area contributed by atoms with E-state index in [4.69, 9.17) is 0 Å². The van der Waals surface area contributed by atoms with E-state index >= 15 is 0 Å². The fourth-order valence-electron chi connectivity index (χ4n) is 1.67. The topological polar surface area (TPSA) is 72.2 Å².